The van der Waals surface area contributed by atoms with E-state index >= 15 is 0 Å². The lowest BCUT2D eigenvalue weighted by molar-refractivity contribution is -0.117. The number of hydrogen-bond donors (Lipinski definition) is 1. The highest BCUT2D eigenvalue weighted by Gasteiger charge is 2.21. The van der Waals surface area contributed by atoms with Gasteiger partial charge in [-0.05, 0) is 36.4 Å². The minimum atomic E-state index is -0.556. The maximum absolute atomic E-state index is 13.1. The Hall–Kier alpha value is -3.30. The van der Waals surface area contributed by atoms with Crippen LogP contribution in [0.4, 0.5) is 10.1 Å². The molecule has 30 heavy (non-hydrogen) atoms. The molecule has 4 rings (SSSR count). The first kappa shape index (κ1) is 20.0. The molecule has 1 N–H and O–H groups in total. The Morgan fingerprint density at radius 2 is 1.67 bits per heavy atom. The Labute approximate surface area is 172 Å². The Balaban J connectivity index is 1.28. The van der Waals surface area contributed by atoms with Crippen LogP contribution in [0.2, 0.25) is 0 Å². The Bertz CT molecular complexity index is 1040. The summed E-state index contributed by atoms with van der Waals surface area (Å²) in [5, 5.41) is 7.10. The maximum Gasteiger partial charge on any atom is 0.438 e. The van der Waals surface area contributed by atoms with Gasteiger partial charge in [-0.15, -0.1) is 5.10 Å². The second-order valence-electron chi connectivity index (χ2n) is 7.13. The third kappa shape index (κ3) is 5.00. The first-order chi connectivity index (χ1) is 14.6. The Kier molecular flexibility index (Phi) is 6.01. The highest BCUT2D eigenvalue weighted by atomic mass is 19.1. The fourth-order valence-electron chi connectivity index (χ4n) is 3.31. The molecule has 1 aromatic heterocycles. The van der Waals surface area contributed by atoms with Crippen LogP contribution in [0, 0.1) is 5.82 Å². The van der Waals surface area contributed by atoms with E-state index in [1.54, 1.807) is 0 Å². The summed E-state index contributed by atoms with van der Waals surface area (Å²) in [6.45, 7) is 3.43. The SMILES string of the molecule is O=C(CN1CCN(Cn2nc(-c3ccc(F)cc3)oc2=O)CC1)Nc1ccccc1. The molecule has 0 bridgehead atoms. The third-order valence-electron chi connectivity index (χ3n) is 4.92. The highest BCUT2D eigenvalue weighted by Crippen LogP contribution is 2.16. The summed E-state index contributed by atoms with van der Waals surface area (Å²) in [5.41, 5.74) is 1.32. The molecule has 9 heteroatoms. The average Bonchev–Trinajstić information content (AvgIpc) is 3.11. The van der Waals surface area contributed by atoms with Gasteiger partial charge in [0.15, 0.2) is 0 Å². The van der Waals surface area contributed by atoms with Gasteiger partial charge in [-0.2, -0.15) is 4.68 Å². The molecular weight excluding hydrogens is 389 g/mol. The number of piperazine rings is 1. The molecule has 0 spiro atoms. The van der Waals surface area contributed by atoms with Gasteiger partial charge in [0.2, 0.25) is 11.8 Å². The first-order valence-corrected chi connectivity index (χ1v) is 9.70. The van der Waals surface area contributed by atoms with E-state index in [-0.39, 0.29) is 17.6 Å². The zero-order chi connectivity index (χ0) is 20.9. The molecule has 0 unspecified atom stereocenters. The van der Waals surface area contributed by atoms with Crippen molar-refractivity contribution in [3.05, 3.63) is 71.0 Å². The lowest BCUT2D eigenvalue weighted by atomic mass is 10.2. The van der Waals surface area contributed by atoms with Crippen molar-refractivity contribution < 1.29 is 13.6 Å². The van der Waals surface area contributed by atoms with Gasteiger partial charge < -0.3 is 9.73 Å². The number of benzene rings is 2. The minimum Gasteiger partial charge on any atom is -0.388 e. The summed E-state index contributed by atoms with van der Waals surface area (Å²) >= 11 is 0. The normalized spacial score (nSPS) is 15.2. The molecule has 1 aliphatic rings. The van der Waals surface area contributed by atoms with Crippen molar-refractivity contribution in [1.82, 2.24) is 19.6 Å². The summed E-state index contributed by atoms with van der Waals surface area (Å²) in [6, 6.07) is 15.0. The number of rotatable bonds is 6. The van der Waals surface area contributed by atoms with E-state index in [0.717, 1.165) is 5.69 Å². The number of anilines is 1. The molecule has 0 saturated carbocycles. The van der Waals surface area contributed by atoms with Crippen LogP contribution < -0.4 is 11.1 Å². The van der Waals surface area contributed by atoms with Crippen molar-refractivity contribution in [2.75, 3.05) is 38.0 Å². The molecule has 2 heterocycles. The number of nitrogens with zero attached hydrogens (tertiary/aromatic N) is 4. The van der Waals surface area contributed by atoms with E-state index in [1.807, 2.05) is 30.3 Å². The van der Waals surface area contributed by atoms with E-state index < -0.39 is 5.76 Å². The summed E-state index contributed by atoms with van der Waals surface area (Å²) in [5.74, 6) is -0.808. The number of carbonyl (C=O) groups excluding carboxylic acids is 1. The van der Waals surface area contributed by atoms with Crippen molar-refractivity contribution in [3.63, 3.8) is 0 Å². The fraction of sp³-hybridized carbons (Fsp3) is 0.286. The number of para-hydroxylation sites is 1. The molecule has 1 saturated heterocycles. The van der Waals surface area contributed by atoms with Crippen LogP contribution in [-0.2, 0) is 11.5 Å². The van der Waals surface area contributed by atoms with E-state index in [1.165, 1.54) is 28.9 Å². The van der Waals surface area contributed by atoms with Crippen molar-refractivity contribution in [1.29, 1.82) is 0 Å². The molecule has 3 aromatic rings. The summed E-state index contributed by atoms with van der Waals surface area (Å²) in [4.78, 5) is 28.5. The molecule has 2 aromatic carbocycles. The Morgan fingerprint density at radius 1 is 1.00 bits per heavy atom. The predicted molar refractivity (Wildman–Crippen MR) is 109 cm³/mol. The van der Waals surface area contributed by atoms with Crippen LogP contribution in [0.5, 0.6) is 0 Å². The Morgan fingerprint density at radius 3 is 2.37 bits per heavy atom. The quantitative estimate of drug-likeness (QED) is 0.667. The summed E-state index contributed by atoms with van der Waals surface area (Å²) in [6.07, 6.45) is 0. The van der Waals surface area contributed by atoms with Gasteiger partial charge in [0, 0.05) is 37.4 Å². The maximum atomic E-state index is 13.1. The first-order valence-electron chi connectivity index (χ1n) is 9.70. The number of halogens is 1. The smallest absolute Gasteiger partial charge is 0.388 e. The molecule has 0 aliphatic carbocycles. The summed E-state index contributed by atoms with van der Waals surface area (Å²) in [7, 11) is 0. The van der Waals surface area contributed by atoms with E-state index in [4.69, 9.17) is 4.42 Å². The molecule has 156 valence electrons. The molecule has 1 aliphatic heterocycles. The van der Waals surface area contributed by atoms with Crippen LogP contribution in [0.3, 0.4) is 0 Å². The number of hydrogen-bond acceptors (Lipinski definition) is 6. The van der Waals surface area contributed by atoms with Gasteiger partial charge in [0.05, 0.1) is 6.54 Å². The van der Waals surface area contributed by atoms with Gasteiger partial charge in [-0.1, -0.05) is 18.2 Å². The molecule has 0 radical (unpaired) electrons. The predicted octanol–water partition coefficient (Wildman–Crippen LogP) is 1.86. The van der Waals surface area contributed by atoms with Crippen LogP contribution in [0.1, 0.15) is 0 Å². The molecule has 1 amide bonds. The summed E-state index contributed by atoms with van der Waals surface area (Å²) < 4.78 is 19.5. The second kappa shape index (κ2) is 9.02. The van der Waals surface area contributed by atoms with Crippen LogP contribution in [0.25, 0.3) is 11.5 Å². The van der Waals surface area contributed by atoms with Crippen molar-refractivity contribution in [2.45, 2.75) is 6.67 Å². The average molecular weight is 411 g/mol. The van der Waals surface area contributed by atoms with Gasteiger partial charge >= 0.3 is 5.76 Å². The van der Waals surface area contributed by atoms with Crippen molar-refractivity contribution in [2.24, 2.45) is 0 Å². The third-order valence-corrected chi connectivity index (χ3v) is 4.92. The van der Waals surface area contributed by atoms with Crippen LogP contribution in [0.15, 0.2) is 63.8 Å². The van der Waals surface area contributed by atoms with Crippen LogP contribution in [-0.4, -0.2) is 58.2 Å². The standard InChI is InChI=1S/C21H22FN5O3/c22-17-8-6-16(7-9-17)20-24-27(21(29)30-20)15-26-12-10-25(11-13-26)14-19(28)23-18-4-2-1-3-5-18/h1-9H,10-15H2,(H,23,28). The second-order valence-corrected chi connectivity index (χ2v) is 7.13. The number of carbonyl (C=O) groups is 1. The number of aromatic nitrogens is 2. The van der Waals surface area contributed by atoms with Gasteiger partial charge in [0.25, 0.3) is 0 Å². The zero-order valence-electron chi connectivity index (χ0n) is 16.3. The highest BCUT2D eigenvalue weighted by molar-refractivity contribution is 5.92. The van der Waals surface area contributed by atoms with E-state index in [2.05, 4.69) is 20.2 Å². The lowest BCUT2D eigenvalue weighted by Gasteiger charge is -2.33. The van der Waals surface area contributed by atoms with Crippen molar-refractivity contribution in [3.8, 4) is 11.5 Å². The van der Waals surface area contributed by atoms with E-state index in [0.29, 0.717) is 45.0 Å². The monoisotopic (exact) mass is 411 g/mol. The van der Waals surface area contributed by atoms with Crippen LogP contribution >= 0.6 is 0 Å². The number of amides is 1. The van der Waals surface area contributed by atoms with Gasteiger partial charge in [-0.3, -0.25) is 14.6 Å². The molecule has 0 atom stereocenters. The molecular formula is C21H22FN5O3. The van der Waals surface area contributed by atoms with Gasteiger partial charge in [-0.25, -0.2) is 9.18 Å². The molecule has 1 fully saturated rings. The van der Waals surface area contributed by atoms with Gasteiger partial charge in [0.1, 0.15) is 12.5 Å². The topological polar surface area (TPSA) is 83.6 Å². The molecule has 8 nitrogen and oxygen atoms in total. The fourth-order valence-corrected chi connectivity index (χ4v) is 3.31. The minimum absolute atomic E-state index is 0.0497. The number of nitrogens with one attached hydrogen (secondary N) is 1. The zero-order valence-corrected chi connectivity index (χ0v) is 16.3. The largest absolute Gasteiger partial charge is 0.438 e. The lowest BCUT2D eigenvalue weighted by Crippen LogP contribution is -2.49. The van der Waals surface area contributed by atoms with Crippen molar-refractivity contribution >= 4 is 11.6 Å². The van der Waals surface area contributed by atoms with E-state index in [9.17, 15) is 14.0 Å².